The molecule has 20 heavy (non-hydrogen) atoms. The number of hydrogen-bond donors (Lipinski definition) is 3. The van der Waals surface area contributed by atoms with Crippen LogP contribution in [0.25, 0.3) is 0 Å². The van der Waals surface area contributed by atoms with E-state index in [2.05, 4.69) is 14.9 Å². The minimum Gasteiger partial charge on any atom is -0.302 e. The van der Waals surface area contributed by atoms with E-state index in [1.807, 2.05) is 20.8 Å². The highest BCUT2D eigenvalue weighted by molar-refractivity contribution is 7.60. The van der Waals surface area contributed by atoms with Crippen molar-refractivity contribution in [2.45, 2.75) is 40.5 Å². The quantitative estimate of drug-likeness (QED) is 0.463. The van der Waals surface area contributed by atoms with Gasteiger partial charge in [-0.3, -0.25) is 4.52 Å². The number of allylic oxidation sites excluding steroid dienone is 3. The molecule has 118 valence electrons. The Balaban J connectivity index is 4.45. The molecule has 0 saturated heterocycles. The molecule has 9 heteroatoms. The average molecular weight is 328 g/mol. The average Bonchev–Trinajstić information content (AvgIpc) is 2.22. The Morgan fingerprint density at radius 1 is 1.05 bits per heavy atom. The molecule has 0 heterocycles. The Morgan fingerprint density at radius 2 is 1.60 bits per heavy atom. The second-order valence-corrected chi connectivity index (χ2v) is 7.52. The Labute approximate surface area is 119 Å². The van der Waals surface area contributed by atoms with Crippen LogP contribution in [-0.2, 0) is 18.0 Å². The molecule has 7 nitrogen and oxygen atoms in total. The van der Waals surface area contributed by atoms with Crippen LogP contribution in [-0.4, -0.2) is 21.3 Å². The monoisotopic (exact) mass is 328 g/mol. The molecule has 0 aliphatic heterocycles. The van der Waals surface area contributed by atoms with E-state index in [-0.39, 0.29) is 6.61 Å². The van der Waals surface area contributed by atoms with Crippen LogP contribution < -0.4 is 0 Å². The van der Waals surface area contributed by atoms with Gasteiger partial charge in [-0.05, 0) is 46.1 Å². The second kappa shape index (κ2) is 8.25. The lowest BCUT2D eigenvalue weighted by molar-refractivity contribution is 0.188. The van der Waals surface area contributed by atoms with E-state index >= 15 is 0 Å². The first kappa shape index (κ1) is 19.7. The topological polar surface area (TPSA) is 113 Å². The van der Waals surface area contributed by atoms with Gasteiger partial charge in [0.25, 0.3) is 0 Å². The van der Waals surface area contributed by atoms with E-state index in [1.165, 1.54) is 5.57 Å². The van der Waals surface area contributed by atoms with Gasteiger partial charge in [-0.25, -0.2) is 9.13 Å². The summed E-state index contributed by atoms with van der Waals surface area (Å²) < 4.78 is 29.9. The molecule has 0 amide bonds. The predicted octanol–water partition coefficient (Wildman–Crippen LogP) is 3.30. The molecule has 3 N–H and O–H groups in total. The van der Waals surface area contributed by atoms with Gasteiger partial charge < -0.3 is 14.7 Å². The molecule has 0 aliphatic rings. The van der Waals surface area contributed by atoms with E-state index in [1.54, 1.807) is 6.92 Å². The van der Waals surface area contributed by atoms with Crippen molar-refractivity contribution < 1.29 is 32.6 Å². The van der Waals surface area contributed by atoms with Crippen LogP contribution >= 0.6 is 15.6 Å². The molecule has 0 aliphatic carbocycles. The van der Waals surface area contributed by atoms with Crippen molar-refractivity contribution in [1.82, 2.24) is 0 Å². The standard InChI is InChI=1S/C11H22O7P2/c1-9(2)6-5-7-10(3)11(4)8-17-20(15,16)18-19(12,13)14/h6H,5,7-8H2,1-4H3,(H,15,16)(H2,12,13,14)/b11-10+. The normalized spacial score (nSPS) is 16.4. The SMILES string of the molecule is CC(C)=CCC/C(C)=C(\C)COP(=O)(O)OP(=O)(O)O. The van der Waals surface area contributed by atoms with Gasteiger partial charge in [0.05, 0.1) is 6.61 Å². The molecule has 0 spiro atoms. The summed E-state index contributed by atoms with van der Waals surface area (Å²) in [6.07, 6.45) is 3.70. The fourth-order valence-corrected chi connectivity index (χ4v) is 2.87. The first-order valence-electron chi connectivity index (χ1n) is 5.96. The molecular weight excluding hydrogens is 306 g/mol. The Bertz CT molecular complexity index is 471. The summed E-state index contributed by atoms with van der Waals surface area (Å²) in [5.41, 5.74) is 2.91. The second-order valence-electron chi connectivity index (χ2n) is 4.70. The molecule has 0 fully saturated rings. The first-order chi connectivity index (χ1) is 8.93. The molecular formula is C11H22O7P2. The highest BCUT2D eigenvalue weighted by Gasteiger charge is 2.32. The van der Waals surface area contributed by atoms with Crippen molar-refractivity contribution >= 4 is 15.6 Å². The summed E-state index contributed by atoms with van der Waals surface area (Å²) >= 11 is 0. The Hall–Kier alpha value is -0.260. The number of rotatable bonds is 8. The van der Waals surface area contributed by atoms with Gasteiger partial charge in [-0.2, -0.15) is 4.31 Å². The third-order valence-electron chi connectivity index (χ3n) is 2.45. The van der Waals surface area contributed by atoms with Crippen LogP contribution in [0.15, 0.2) is 22.8 Å². The zero-order chi connectivity index (χ0) is 16.0. The van der Waals surface area contributed by atoms with E-state index in [4.69, 9.17) is 14.7 Å². The smallest absolute Gasteiger partial charge is 0.302 e. The lowest BCUT2D eigenvalue weighted by atomic mass is 10.1. The summed E-state index contributed by atoms with van der Waals surface area (Å²) in [7, 11) is -9.82. The minimum absolute atomic E-state index is 0.228. The summed E-state index contributed by atoms with van der Waals surface area (Å²) in [6, 6.07) is 0. The zero-order valence-electron chi connectivity index (χ0n) is 12.1. The largest absolute Gasteiger partial charge is 0.481 e. The first-order valence-corrected chi connectivity index (χ1v) is 8.98. The van der Waals surface area contributed by atoms with E-state index in [0.29, 0.717) is 0 Å². The molecule has 0 aromatic carbocycles. The summed E-state index contributed by atoms with van der Waals surface area (Å²) in [6.45, 7) is 7.35. The molecule has 1 atom stereocenters. The molecule has 0 aromatic rings. The van der Waals surface area contributed by atoms with Gasteiger partial charge in [-0.15, -0.1) is 0 Å². The number of phosphoric ester groups is 1. The van der Waals surface area contributed by atoms with Crippen LogP contribution in [0.5, 0.6) is 0 Å². The maximum atomic E-state index is 11.2. The zero-order valence-corrected chi connectivity index (χ0v) is 13.9. The van der Waals surface area contributed by atoms with Crippen molar-refractivity contribution in [3.8, 4) is 0 Å². The van der Waals surface area contributed by atoms with Crippen molar-refractivity contribution in [3.63, 3.8) is 0 Å². The fourth-order valence-electron chi connectivity index (χ4n) is 1.25. The lowest BCUT2D eigenvalue weighted by Gasteiger charge is -2.13. The van der Waals surface area contributed by atoms with Gasteiger partial charge in [-0.1, -0.05) is 17.2 Å². The van der Waals surface area contributed by atoms with Crippen molar-refractivity contribution in [2.24, 2.45) is 0 Å². The van der Waals surface area contributed by atoms with Crippen molar-refractivity contribution in [1.29, 1.82) is 0 Å². The van der Waals surface area contributed by atoms with Crippen molar-refractivity contribution in [2.75, 3.05) is 6.61 Å². The highest BCUT2D eigenvalue weighted by atomic mass is 31.3. The molecule has 0 bridgehead atoms. The number of phosphoric acid groups is 2. The van der Waals surface area contributed by atoms with Gasteiger partial charge >= 0.3 is 15.6 Å². The molecule has 0 aromatic heterocycles. The predicted molar refractivity (Wildman–Crippen MR) is 75.9 cm³/mol. The summed E-state index contributed by atoms with van der Waals surface area (Å²) in [5, 5.41) is 0. The van der Waals surface area contributed by atoms with Crippen LogP contribution in [0.2, 0.25) is 0 Å². The van der Waals surface area contributed by atoms with E-state index < -0.39 is 15.6 Å². The molecule has 0 radical (unpaired) electrons. The molecule has 0 rings (SSSR count). The van der Waals surface area contributed by atoms with Gasteiger partial charge in [0.2, 0.25) is 0 Å². The van der Waals surface area contributed by atoms with Crippen molar-refractivity contribution in [3.05, 3.63) is 22.8 Å². The summed E-state index contributed by atoms with van der Waals surface area (Å²) in [5.74, 6) is 0. The van der Waals surface area contributed by atoms with Gasteiger partial charge in [0.15, 0.2) is 0 Å². The fraction of sp³-hybridized carbons (Fsp3) is 0.636. The van der Waals surface area contributed by atoms with Gasteiger partial charge in [0, 0.05) is 0 Å². The lowest BCUT2D eigenvalue weighted by Crippen LogP contribution is -1.99. The van der Waals surface area contributed by atoms with E-state index in [0.717, 1.165) is 24.0 Å². The third kappa shape index (κ3) is 10.5. The summed E-state index contributed by atoms with van der Waals surface area (Å²) in [4.78, 5) is 26.0. The van der Waals surface area contributed by atoms with Crippen LogP contribution in [0.1, 0.15) is 40.5 Å². The number of hydrogen-bond acceptors (Lipinski definition) is 4. The molecule has 1 unspecified atom stereocenters. The molecule has 0 saturated carbocycles. The third-order valence-corrected chi connectivity index (χ3v) is 4.59. The van der Waals surface area contributed by atoms with E-state index in [9.17, 15) is 9.13 Å². The van der Waals surface area contributed by atoms with Gasteiger partial charge in [0.1, 0.15) is 0 Å². The van der Waals surface area contributed by atoms with Crippen LogP contribution in [0.3, 0.4) is 0 Å². The maximum Gasteiger partial charge on any atom is 0.481 e. The Morgan fingerprint density at radius 3 is 2.05 bits per heavy atom. The van der Waals surface area contributed by atoms with Crippen LogP contribution in [0.4, 0.5) is 0 Å². The Kier molecular flexibility index (Phi) is 8.14. The highest BCUT2D eigenvalue weighted by Crippen LogP contribution is 2.57. The minimum atomic E-state index is -5.06. The van der Waals surface area contributed by atoms with Crippen LogP contribution in [0, 0.1) is 0 Å². The maximum absolute atomic E-state index is 11.2.